The number of carbonyl (C=O) groups is 4. The monoisotopic (exact) mass is 485 g/mol. The average molecular weight is 486 g/mol. The molecule has 2 heterocycles. The molecule has 2 atom stereocenters. The number of oxime groups is 1. The van der Waals surface area contributed by atoms with Crippen molar-refractivity contribution in [1.29, 1.82) is 0 Å². The zero-order chi connectivity index (χ0) is 24.3. The summed E-state index contributed by atoms with van der Waals surface area (Å²) in [5, 5.41) is 35.5. The first-order valence-corrected chi connectivity index (χ1v) is 10.5. The summed E-state index contributed by atoms with van der Waals surface area (Å²) >= 11 is 1.60. The minimum Gasteiger partial charge on any atom is -0.480 e. The molecule has 1 aliphatic heterocycles. The lowest BCUT2D eigenvalue weighted by atomic mass is 10.1. The number of thiazole rings is 1. The molecule has 15 heteroatoms. The van der Waals surface area contributed by atoms with E-state index in [1.165, 1.54) is 19.2 Å². The number of amides is 1. The molecule has 172 valence electrons. The van der Waals surface area contributed by atoms with Crippen molar-refractivity contribution < 1.29 is 39.3 Å². The fourth-order valence-corrected chi connectivity index (χ4v) is 3.79. The Labute approximate surface area is 189 Å². The predicted octanol–water partition coefficient (Wildman–Crippen LogP) is 0.0333. The smallest absolute Gasteiger partial charge is 0.350 e. The number of aliphatic carboxylic acids is 3. The standard InChI is InChI=1S/C17H19N5O8S2/c1-7-4-19-17(14(28)29,32-5-7)10(12(24)25)21-11(23)9(8-6-31-15(18)20-8)22-30-16(2,3)13(26)27/h4,6,10H,1,5H2,2-3H3,(H2,18,20)(H,21,23)(H,24,25)(H,26,27)(H,28,29)/b22-9+/t10-,17+/m0/s1. The van der Waals surface area contributed by atoms with Crippen LogP contribution < -0.4 is 11.1 Å². The van der Waals surface area contributed by atoms with Crippen molar-refractivity contribution in [2.75, 3.05) is 11.5 Å². The SMILES string of the molecule is C=C1C=N[C@](C(=O)O)([C@@H](NC(=O)/C(=N/OC(C)(C)C(=O)O)c2csc(N)n2)C(=O)O)SC1. The van der Waals surface area contributed by atoms with Gasteiger partial charge in [0.05, 0.1) is 0 Å². The minimum absolute atomic E-state index is 0.0423. The molecule has 1 aromatic heterocycles. The summed E-state index contributed by atoms with van der Waals surface area (Å²) in [6.45, 7) is 5.98. The first-order valence-electron chi connectivity index (χ1n) is 8.65. The Kier molecular flexibility index (Phi) is 7.25. The van der Waals surface area contributed by atoms with Gasteiger partial charge >= 0.3 is 17.9 Å². The molecule has 0 fully saturated rings. The van der Waals surface area contributed by atoms with Gasteiger partial charge in [-0.1, -0.05) is 11.7 Å². The highest BCUT2D eigenvalue weighted by molar-refractivity contribution is 8.01. The van der Waals surface area contributed by atoms with E-state index in [0.717, 1.165) is 17.6 Å². The van der Waals surface area contributed by atoms with Crippen LogP contribution in [-0.2, 0) is 24.0 Å². The van der Waals surface area contributed by atoms with Gasteiger partial charge in [0.25, 0.3) is 5.91 Å². The number of thioether (sulfide) groups is 1. The van der Waals surface area contributed by atoms with E-state index in [-0.39, 0.29) is 16.6 Å². The maximum absolute atomic E-state index is 12.9. The van der Waals surface area contributed by atoms with Crippen molar-refractivity contribution in [2.24, 2.45) is 10.1 Å². The number of aromatic nitrogens is 1. The Morgan fingerprint density at radius 3 is 2.44 bits per heavy atom. The Balaban J connectivity index is 2.46. The minimum atomic E-state index is -2.28. The number of nitrogens with one attached hydrogen (secondary N) is 1. The van der Waals surface area contributed by atoms with E-state index >= 15 is 0 Å². The zero-order valence-corrected chi connectivity index (χ0v) is 18.4. The predicted molar refractivity (Wildman–Crippen MR) is 116 cm³/mol. The van der Waals surface area contributed by atoms with Crippen LogP contribution in [0.4, 0.5) is 5.13 Å². The molecule has 0 saturated heterocycles. The second kappa shape index (κ2) is 9.35. The van der Waals surface area contributed by atoms with Crippen molar-refractivity contribution in [3.05, 3.63) is 23.2 Å². The van der Waals surface area contributed by atoms with Gasteiger partial charge in [-0.15, -0.1) is 23.1 Å². The molecule has 0 saturated carbocycles. The van der Waals surface area contributed by atoms with Gasteiger partial charge in [0.15, 0.2) is 16.9 Å². The van der Waals surface area contributed by atoms with E-state index in [0.29, 0.717) is 17.3 Å². The van der Waals surface area contributed by atoms with Gasteiger partial charge in [0.2, 0.25) is 10.5 Å². The van der Waals surface area contributed by atoms with Gasteiger partial charge in [-0.25, -0.2) is 19.4 Å². The number of nitrogen functional groups attached to an aromatic ring is 1. The first-order chi connectivity index (χ1) is 14.8. The van der Waals surface area contributed by atoms with E-state index in [1.807, 2.05) is 0 Å². The second-order valence-corrected chi connectivity index (χ2v) is 8.96. The molecule has 1 aliphatic rings. The Bertz CT molecular complexity index is 1030. The average Bonchev–Trinajstić information content (AvgIpc) is 3.12. The lowest BCUT2D eigenvalue weighted by Gasteiger charge is -2.33. The number of hydrogen-bond acceptors (Lipinski definition) is 11. The summed E-state index contributed by atoms with van der Waals surface area (Å²) in [5.41, 5.74) is 3.46. The molecule has 32 heavy (non-hydrogen) atoms. The third kappa shape index (κ3) is 5.23. The largest absolute Gasteiger partial charge is 0.480 e. The van der Waals surface area contributed by atoms with Crippen molar-refractivity contribution in [3.63, 3.8) is 0 Å². The maximum Gasteiger partial charge on any atom is 0.350 e. The van der Waals surface area contributed by atoms with Gasteiger partial charge in [0.1, 0.15) is 5.69 Å². The third-order valence-corrected chi connectivity index (χ3v) is 6.14. The zero-order valence-electron chi connectivity index (χ0n) is 16.8. The van der Waals surface area contributed by atoms with E-state index < -0.39 is 46.0 Å². The van der Waals surface area contributed by atoms with Gasteiger partial charge < -0.3 is 31.2 Å². The molecule has 0 unspecified atom stereocenters. The topological polar surface area (TPSA) is 214 Å². The van der Waals surface area contributed by atoms with Gasteiger partial charge in [0, 0.05) is 17.3 Å². The van der Waals surface area contributed by atoms with E-state index in [2.05, 4.69) is 27.0 Å². The molecule has 0 radical (unpaired) electrons. The third-order valence-electron chi connectivity index (χ3n) is 4.00. The molecule has 1 amide bonds. The lowest BCUT2D eigenvalue weighted by Crippen LogP contribution is -2.60. The first kappa shape index (κ1) is 24.8. The van der Waals surface area contributed by atoms with Crippen LogP contribution in [0.3, 0.4) is 0 Å². The summed E-state index contributed by atoms with van der Waals surface area (Å²) in [7, 11) is 0. The lowest BCUT2D eigenvalue weighted by molar-refractivity contribution is -0.161. The molecule has 6 N–H and O–H groups in total. The van der Waals surface area contributed by atoms with Gasteiger partial charge in [-0.3, -0.25) is 9.79 Å². The fourth-order valence-electron chi connectivity index (χ4n) is 2.19. The summed E-state index contributed by atoms with van der Waals surface area (Å²) < 4.78 is 0. The highest BCUT2D eigenvalue weighted by Crippen LogP contribution is 2.35. The molecule has 1 aromatic rings. The van der Waals surface area contributed by atoms with Gasteiger partial charge in [-0.05, 0) is 19.4 Å². The molecular formula is C17H19N5O8S2. The van der Waals surface area contributed by atoms with E-state index in [4.69, 9.17) is 10.6 Å². The van der Waals surface area contributed by atoms with E-state index in [9.17, 15) is 34.5 Å². The quantitative estimate of drug-likeness (QED) is 0.232. The van der Waals surface area contributed by atoms with Crippen LogP contribution in [0.2, 0.25) is 0 Å². The Morgan fingerprint density at radius 1 is 1.34 bits per heavy atom. The number of carbonyl (C=O) groups excluding carboxylic acids is 1. The summed E-state index contributed by atoms with van der Waals surface area (Å²) in [6, 6.07) is -2.03. The Hall–Kier alpha value is -3.46. The molecule has 13 nitrogen and oxygen atoms in total. The number of anilines is 1. The molecule has 0 aliphatic carbocycles. The maximum atomic E-state index is 12.9. The van der Waals surface area contributed by atoms with E-state index in [1.54, 1.807) is 0 Å². The number of aliphatic imine (C=N–C) groups is 1. The van der Waals surface area contributed by atoms with Crippen LogP contribution in [0, 0.1) is 0 Å². The number of nitrogens with two attached hydrogens (primary N) is 1. The van der Waals surface area contributed by atoms with Crippen LogP contribution >= 0.6 is 23.1 Å². The van der Waals surface area contributed by atoms with Crippen molar-refractivity contribution in [3.8, 4) is 0 Å². The highest BCUT2D eigenvalue weighted by atomic mass is 32.2. The molecule has 0 spiro atoms. The number of carboxylic acid groups (broad SMARTS) is 3. The fraction of sp³-hybridized carbons (Fsp3) is 0.353. The normalized spacial score (nSPS) is 19.8. The van der Waals surface area contributed by atoms with Crippen LogP contribution in [-0.4, -0.2) is 78.3 Å². The van der Waals surface area contributed by atoms with Gasteiger partial charge in [-0.2, -0.15) is 0 Å². The molecule has 0 aromatic carbocycles. The summed E-state index contributed by atoms with van der Waals surface area (Å²) in [4.78, 5) is 58.5. The molecular weight excluding hydrogens is 466 g/mol. The summed E-state index contributed by atoms with van der Waals surface area (Å²) in [5.74, 6) is -5.79. The van der Waals surface area contributed by atoms with Crippen LogP contribution in [0.15, 0.2) is 27.7 Å². The van der Waals surface area contributed by atoms with Crippen LogP contribution in [0.1, 0.15) is 19.5 Å². The van der Waals surface area contributed by atoms with Crippen molar-refractivity contribution in [1.82, 2.24) is 10.3 Å². The molecule has 0 bridgehead atoms. The van der Waals surface area contributed by atoms with Crippen molar-refractivity contribution in [2.45, 2.75) is 30.4 Å². The van der Waals surface area contributed by atoms with Crippen LogP contribution in [0.5, 0.6) is 0 Å². The number of hydrogen-bond donors (Lipinski definition) is 5. The number of rotatable bonds is 9. The highest BCUT2D eigenvalue weighted by Gasteiger charge is 2.53. The number of nitrogens with zero attached hydrogens (tertiary/aromatic N) is 3. The Morgan fingerprint density at radius 2 is 2.00 bits per heavy atom. The molecule has 2 rings (SSSR count). The number of carboxylic acids is 3. The summed E-state index contributed by atoms with van der Waals surface area (Å²) in [6.07, 6.45) is 1.13. The second-order valence-electron chi connectivity index (χ2n) is 6.87. The van der Waals surface area contributed by atoms with Crippen LogP contribution in [0.25, 0.3) is 0 Å². The van der Waals surface area contributed by atoms with Crippen molar-refractivity contribution >= 4 is 64.0 Å².